The standard InChI is InChI=1S/C28H25NO4S/c1-3-32-28(31)25-26(30)24(34-27(25)29-22-15-13-19(2)14-16-22)17-21-11-7-8-12-23(21)33-18-20-9-5-4-6-10-20/h4-17,30H,3,18H2,1-2H3/b24-17+,29-27?. The van der Waals surface area contributed by atoms with Gasteiger partial charge in [0.1, 0.15) is 28.7 Å². The molecular formula is C28H25NO4S. The number of carbonyl (C=O) groups excluding carboxylic acids is 1. The highest BCUT2D eigenvalue weighted by Gasteiger charge is 2.33. The van der Waals surface area contributed by atoms with Crippen molar-refractivity contribution in [3.05, 3.63) is 112 Å². The number of hydrogen-bond donors (Lipinski definition) is 1. The molecule has 0 spiro atoms. The first-order valence-electron chi connectivity index (χ1n) is 11.0. The van der Waals surface area contributed by atoms with Crippen molar-refractivity contribution in [1.29, 1.82) is 0 Å². The van der Waals surface area contributed by atoms with E-state index in [1.165, 1.54) is 11.8 Å². The van der Waals surface area contributed by atoms with Gasteiger partial charge < -0.3 is 14.6 Å². The Balaban J connectivity index is 1.67. The minimum atomic E-state index is -0.602. The van der Waals surface area contributed by atoms with Crippen LogP contribution in [0.25, 0.3) is 6.08 Å². The van der Waals surface area contributed by atoms with E-state index in [2.05, 4.69) is 4.99 Å². The molecule has 1 aliphatic rings. The molecule has 3 aromatic rings. The first kappa shape index (κ1) is 23.4. The fourth-order valence-electron chi connectivity index (χ4n) is 3.34. The van der Waals surface area contributed by atoms with E-state index < -0.39 is 5.97 Å². The molecule has 0 radical (unpaired) electrons. The minimum absolute atomic E-state index is 0.0707. The van der Waals surface area contributed by atoms with Gasteiger partial charge in [0.2, 0.25) is 0 Å². The summed E-state index contributed by atoms with van der Waals surface area (Å²) in [6.45, 7) is 4.35. The van der Waals surface area contributed by atoms with E-state index >= 15 is 0 Å². The van der Waals surface area contributed by atoms with Crippen molar-refractivity contribution in [2.24, 2.45) is 4.99 Å². The maximum absolute atomic E-state index is 12.6. The van der Waals surface area contributed by atoms with Gasteiger partial charge >= 0.3 is 5.97 Å². The van der Waals surface area contributed by atoms with Gasteiger partial charge in [-0.05, 0) is 43.7 Å². The lowest BCUT2D eigenvalue weighted by Crippen LogP contribution is -2.12. The number of nitrogens with zero attached hydrogens (tertiary/aromatic N) is 1. The van der Waals surface area contributed by atoms with Crippen LogP contribution in [0.4, 0.5) is 5.69 Å². The Bertz CT molecular complexity index is 1260. The van der Waals surface area contributed by atoms with Crippen LogP contribution in [0.5, 0.6) is 5.75 Å². The Hall–Kier alpha value is -3.77. The number of aliphatic hydroxyl groups is 1. The van der Waals surface area contributed by atoms with Crippen LogP contribution in [0, 0.1) is 6.92 Å². The van der Waals surface area contributed by atoms with Crippen LogP contribution in [0.3, 0.4) is 0 Å². The van der Waals surface area contributed by atoms with Gasteiger partial charge in [0.15, 0.2) is 0 Å². The van der Waals surface area contributed by atoms with Crippen molar-refractivity contribution in [2.75, 3.05) is 6.61 Å². The van der Waals surface area contributed by atoms with E-state index in [1.807, 2.05) is 85.8 Å². The molecule has 34 heavy (non-hydrogen) atoms. The van der Waals surface area contributed by atoms with Gasteiger partial charge in [-0.15, -0.1) is 0 Å². The third-order valence-electron chi connectivity index (χ3n) is 5.08. The van der Waals surface area contributed by atoms with Crippen molar-refractivity contribution < 1.29 is 19.4 Å². The van der Waals surface area contributed by atoms with Crippen LogP contribution in [0.2, 0.25) is 0 Å². The fraction of sp³-hybridized carbons (Fsp3) is 0.143. The molecule has 1 heterocycles. The number of carbonyl (C=O) groups is 1. The number of aliphatic hydroxyl groups excluding tert-OH is 1. The third-order valence-corrected chi connectivity index (χ3v) is 6.10. The molecule has 6 heteroatoms. The summed E-state index contributed by atoms with van der Waals surface area (Å²) in [4.78, 5) is 17.8. The van der Waals surface area contributed by atoms with E-state index in [0.717, 1.165) is 16.7 Å². The minimum Gasteiger partial charge on any atom is -0.506 e. The van der Waals surface area contributed by atoms with Crippen LogP contribution < -0.4 is 4.74 Å². The predicted molar refractivity (Wildman–Crippen MR) is 137 cm³/mol. The van der Waals surface area contributed by atoms with Crippen LogP contribution in [-0.4, -0.2) is 22.7 Å². The maximum atomic E-state index is 12.6. The summed E-state index contributed by atoms with van der Waals surface area (Å²) < 4.78 is 11.2. The molecule has 5 nitrogen and oxygen atoms in total. The molecule has 4 rings (SSSR count). The lowest BCUT2D eigenvalue weighted by Gasteiger charge is -2.10. The van der Waals surface area contributed by atoms with Crippen LogP contribution >= 0.6 is 11.8 Å². The topological polar surface area (TPSA) is 68.1 Å². The van der Waals surface area contributed by atoms with Gasteiger partial charge in [-0.25, -0.2) is 9.79 Å². The average Bonchev–Trinajstić information content (AvgIpc) is 3.15. The van der Waals surface area contributed by atoms with Crippen LogP contribution in [-0.2, 0) is 16.1 Å². The smallest absolute Gasteiger partial charge is 0.344 e. The molecule has 0 atom stereocenters. The summed E-state index contributed by atoms with van der Waals surface area (Å²) in [5, 5.41) is 11.4. The first-order valence-corrected chi connectivity index (χ1v) is 11.8. The zero-order valence-corrected chi connectivity index (χ0v) is 19.8. The van der Waals surface area contributed by atoms with Gasteiger partial charge in [0, 0.05) is 5.56 Å². The third kappa shape index (κ3) is 5.58. The zero-order chi connectivity index (χ0) is 23.9. The van der Waals surface area contributed by atoms with Crippen molar-refractivity contribution in [3.8, 4) is 5.75 Å². The average molecular weight is 472 g/mol. The van der Waals surface area contributed by atoms with Crippen molar-refractivity contribution >= 4 is 34.5 Å². The van der Waals surface area contributed by atoms with Gasteiger partial charge in [0.05, 0.1) is 17.2 Å². The number of thioether (sulfide) groups is 1. The summed E-state index contributed by atoms with van der Waals surface area (Å²) in [6, 6.07) is 25.1. The Morgan fingerprint density at radius 3 is 2.44 bits per heavy atom. The number of benzene rings is 3. The van der Waals surface area contributed by atoms with E-state index in [0.29, 0.717) is 28.0 Å². The van der Waals surface area contributed by atoms with Crippen LogP contribution in [0.15, 0.2) is 100 Å². The van der Waals surface area contributed by atoms with Gasteiger partial charge in [-0.1, -0.05) is 78.0 Å². The molecule has 3 aromatic carbocycles. The van der Waals surface area contributed by atoms with Gasteiger partial charge in [-0.3, -0.25) is 0 Å². The second-order valence-corrected chi connectivity index (χ2v) is 8.65. The summed E-state index contributed by atoms with van der Waals surface area (Å²) in [7, 11) is 0. The van der Waals surface area contributed by atoms with Gasteiger partial charge in [0.25, 0.3) is 0 Å². The number of rotatable bonds is 7. The lowest BCUT2D eigenvalue weighted by molar-refractivity contribution is -0.138. The van der Waals surface area contributed by atoms with Gasteiger partial charge in [-0.2, -0.15) is 0 Å². The molecule has 0 fully saturated rings. The molecular weight excluding hydrogens is 446 g/mol. The number of aliphatic imine (C=N–C) groups is 1. The SMILES string of the molecule is CCOC(=O)C1=C(O)/C(=C\c2ccccc2OCc2ccccc2)SC1=Nc1ccc(C)cc1. The molecule has 0 aromatic heterocycles. The number of para-hydroxylation sites is 1. The Morgan fingerprint density at radius 1 is 1.00 bits per heavy atom. The van der Waals surface area contributed by atoms with Crippen molar-refractivity contribution in [3.63, 3.8) is 0 Å². The van der Waals surface area contributed by atoms with Crippen molar-refractivity contribution in [1.82, 2.24) is 0 Å². The highest BCUT2D eigenvalue weighted by molar-refractivity contribution is 8.18. The number of aryl methyl sites for hydroxylation is 1. The summed E-state index contributed by atoms with van der Waals surface area (Å²) in [5.74, 6) is -0.0728. The van der Waals surface area contributed by atoms with E-state index in [1.54, 1.807) is 13.0 Å². The summed E-state index contributed by atoms with van der Waals surface area (Å²) >= 11 is 1.23. The molecule has 0 amide bonds. The van der Waals surface area contributed by atoms with E-state index in [9.17, 15) is 9.90 Å². The molecule has 0 saturated carbocycles. The summed E-state index contributed by atoms with van der Waals surface area (Å²) in [6.07, 6.45) is 1.80. The Kier molecular flexibility index (Phi) is 7.50. The quantitative estimate of drug-likeness (QED) is 0.385. The monoisotopic (exact) mass is 471 g/mol. The fourth-order valence-corrected chi connectivity index (χ4v) is 4.36. The Labute approximate surface area is 203 Å². The second kappa shape index (κ2) is 10.9. The van der Waals surface area contributed by atoms with Crippen molar-refractivity contribution in [2.45, 2.75) is 20.5 Å². The van der Waals surface area contributed by atoms with Crippen LogP contribution in [0.1, 0.15) is 23.6 Å². The van der Waals surface area contributed by atoms with E-state index in [-0.39, 0.29) is 17.9 Å². The summed E-state index contributed by atoms with van der Waals surface area (Å²) in [5.41, 5.74) is 3.71. The highest BCUT2D eigenvalue weighted by Crippen LogP contribution is 2.41. The Morgan fingerprint density at radius 2 is 1.71 bits per heavy atom. The van der Waals surface area contributed by atoms with E-state index in [4.69, 9.17) is 9.47 Å². The molecule has 172 valence electrons. The number of ether oxygens (including phenoxy) is 2. The predicted octanol–water partition coefficient (Wildman–Crippen LogP) is 6.77. The molecule has 0 bridgehead atoms. The molecule has 1 aliphatic heterocycles. The zero-order valence-electron chi connectivity index (χ0n) is 19.0. The molecule has 1 N–H and O–H groups in total. The number of hydrogen-bond acceptors (Lipinski definition) is 6. The molecule has 0 unspecified atom stereocenters. The maximum Gasteiger partial charge on any atom is 0.344 e. The second-order valence-electron chi connectivity index (χ2n) is 7.62. The first-order chi connectivity index (χ1) is 16.5. The molecule has 0 saturated heterocycles. The normalized spacial score (nSPS) is 15.7. The number of esters is 1. The lowest BCUT2D eigenvalue weighted by atomic mass is 10.1. The molecule has 0 aliphatic carbocycles. The highest BCUT2D eigenvalue weighted by atomic mass is 32.2. The largest absolute Gasteiger partial charge is 0.506 e.